The summed E-state index contributed by atoms with van der Waals surface area (Å²) in [6, 6.07) is 6.41. The molecule has 112 valence electrons. The lowest BCUT2D eigenvalue weighted by Crippen LogP contribution is -2.31. The van der Waals surface area contributed by atoms with Gasteiger partial charge in [-0.05, 0) is 50.6 Å². The summed E-state index contributed by atoms with van der Waals surface area (Å²) in [5.41, 5.74) is 3.78. The zero-order chi connectivity index (χ0) is 15.1. The molecule has 1 aromatic carbocycles. The average molecular weight is 277 g/mol. The highest BCUT2D eigenvalue weighted by atomic mass is 16.5. The Morgan fingerprint density at radius 1 is 1.20 bits per heavy atom. The second-order valence-electron chi connectivity index (χ2n) is 5.04. The Morgan fingerprint density at radius 3 is 2.40 bits per heavy atom. The van der Waals surface area contributed by atoms with Gasteiger partial charge in [0.15, 0.2) is 0 Å². The monoisotopic (exact) mass is 277 g/mol. The van der Waals surface area contributed by atoms with Crippen LogP contribution in [0.2, 0.25) is 0 Å². The van der Waals surface area contributed by atoms with Gasteiger partial charge in [0.2, 0.25) is 0 Å². The van der Waals surface area contributed by atoms with E-state index in [0.29, 0.717) is 13.0 Å². The quantitative estimate of drug-likeness (QED) is 0.713. The summed E-state index contributed by atoms with van der Waals surface area (Å²) in [7, 11) is 0. The van der Waals surface area contributed by atoms with Gasteiger partial charge < -0.3 is 4.74 Å². The van der Waals surface area contributed by atoms with Crippen molar-refractivity contribution in [2.24, 2.45) is 0 Å². The third-order valence-electron chi connectivity index (χ3n) is 3.92. The van der Waals surface area contributed by atoms with Gasteiger partial charge in [-0.15, -0.1) is 0 Å². The van der Waals surface area contributed by atoms with Gasteiger partial charge in [0.25, 0.3) is 0 Å². The molecule has 1 rings (SSSR count). The van der Waals surface area contributed by atoms with E-state index in [0.717, 1.165) is 13.1 Å². The van der Waals surface area contributed by atoms with Crippen LogP contribution in [0.1, 0.15) is 49.9 Å². The van der Waals surface area contributed by atoms with E-state index in [1.165, 1.54) is 16.7 Å². The summed E-state index contributed by atoms with van der Waals surface area (Å²) >= 11 is 0. The highest BCUT2D eigenvalue weighted by Crippen LogP contribution is 2.28. The maximum atomic E-state index is 11.9. The number of nitrogens with zero attached hydrogens (tertiary/aromatic N) is 1. The number of rotatable bonds is 7. The van der Waals surface area contributed by atoms with Gasteiger partial charge >= 0.3 is 5.97 Å². The molecule has 0 fully saturated rings. The predicted octanol–water partition coefficient (Wildman–Crippen LogP) is 3.64. The Morgan fingerprint density at radius 2 is 1.85 bits per heavy atom. The van der Waals surface area contributed by atoms with Gasteiger partial charge in [-0.2, -0.15) is 0 Å². The summed E-state index contributed by atoms with van der Waals surface area (Å²) in [5.74, 6) is -0.120. The topological polar surface area (TPSA) is 29.5 Å². The Hall–Kier alpha value is -1.35. The predicted molar refractivity (Wildman–Crippen MR) is 82.8 cm³/mol. The van der Waals surface area contributed by atoms with Crippen LogP contribution in [0.5, 0.6) is 0 Å². The fourth-order valence-corrected chi connectivity index (χ4v) is 2.61. The summed E-state index contributed by atoms with van der Waals surface area (Å²) in [4.78, 5) is 14.2. The Bertz CT molecular complexity index is 439. The van der Waals surface area contributed by atoms with Crippen molar-refractivity contribution in [3.63, 3.8) is 0 Å². The van der Waals surface area contributed by atoms with Crippen molar-refractivity contribution in [3.05, 3.63) is 34.9 Å². The molecule has 0 saturated carbocycles. The van der Waals surface area contributed by atoms with Gasteiger partial charge in [-0.1, -0.05) is 32.0 Å². The molecule has 3 heteroatoms. The van der Waals surface area contributed by atoms with Crippen molar-refractivity contribution in [3.8, 4) is 0 Å². The number of hydrogen-bond acceptors (Lipinski definition) is 3. The molecule has 20 heavy (non-hydrogen) atoms. The van der Waals surface area contributed by atoms with E-state index in [1.807, 2.05) is 6.92 Å². The maximum absolute atomic E-state index is 11.9. The summed E-state index contributed by atoms with van der Waals surface area (Å²) in [6.45, 7) is 12.6. The van der Waals surface area contributed by atoms with Crippen molar-refractivity contribution in [2.75, 3.05) is 19.7 Å². The minimum Gasteiger partial charge on any atom is -0.466 e. The van der Waals surface area contributed by atoms with Crippen LogP contribution in [0.25, 0.3) is 0 Å². The smallest absolute Gasteiger partial charge is 0.307 e. The first kappa shape index (κ1) is 16.7. The van der Waals surface area contributed by atoms with Crippen LogP contribution in [-0.2, 0) is 9.53 Å². The second-order valence-corrected chi connectivity index (χ2v) is 5.04. The van der Waals surface area contributed by atoms with Crippen LogP contribution >= 0.6 is 0 Å². The highest BCUT2D eigenvalue weighted by Gasteiger charge is 2.23. The fourth-order valence-electron chi connectivity index (χ4n) is 2.61. The normalized spacial score (nSPS) is 12.5. The number of aryl methyl sites for hydroxylation is 1. The summed E-state index contributed by atoms with van der Waals surface area (Å²) < 4.78 is 5.14. The molecule has 0 heterocycles. The number of hydrogen-bond donors (Lipinski definition) is 0. The number of ether oxygens (including phenoxy) is 1. The number of carbonyl (C=O) groups is 1. The first-order valence-corrected chi connectivity index (χ1v) is 7.50. The van der Waals surface area contributed by atoms with Crippen molar-refractivity contribution >= 4 is 5.97 Å². The average Bonchev–Trinajstić information content (AvgIpc) is 2.42. The Balaban J connectivity index is 3.09. The molecule has 0 N–H and O–H groups in total. The number of benzene rings is 1. The lowest BCUT2D eigenvalue weighted by atomic mass is 9.94. The van der Waals surface area contributed by atoms with Crippen LogP contribution in [-0.4, -0.2) is 30.6 Å². The first-order valence-electron chi connectivity index (χ1n) is 7.50. The molecule has 1 unspecified atom stereocenters. The van der Waals surface area contributed by atoms with Crippen LogP contribution in [0.4, 0.5) is 0 Å². The van der Waals surface area contributed by atoms with Gasteiger partial charge in [-0.3, -0.25) is 9.69 Å². The van der Waals surface area contributed by atoms with Crippen LogP contribution < -0.4 is 0 Å². The molecule has 3 nitrogen and oxygen atoms in total. The second kappa shape index (κ2) is 8.05. The molecule has 1 atom stereocenters. The molecule has 0 radical (unpaired) electrons. The van der Waals surface area contributed by atoms with Gasteiger partial charge in [0.1, 0.15) is 0 Å². The van der Waals surface area contributed by atoms with E-state index >= 15 is 0 Å². The molecular weight excluding hydrogens is 250 g/mol. The molecule has 0 aromatic heterocycles. The van der Waals surface area contributed by atoms with Crippen LogP contribution in [0, 0.1) is 13.8 Å². The van der Waals surface area contributed by atoms with Gasteiger partial charge in [0, 0.05) is 6.04 Å². The molecular formula is C17H27NO2. The van der Waals surface area contributed by atoms with Crippen molar-refractivity contribution in [2.45, 2.75) is 47.1 Å². The lowest BCUT2D eigenvalue weighted by Gasteiger charge is -2.31. The lowest BCUT2D eigenvalue weighted by molar-refractivity contribution is -0.144. The molecule has 0 bridgehead atoms. The third-order valence-corrected chi connectivity index (χ3v) is 3.92. The minimum atomic E-state index is -0.120. The molecule has 0 aliphatic rings. The minimum absolute atomic E-state index is 0.101. The number of carbonyl (C=O) groups excluding carboxylic acids is 1. The van der Waals surface area contributed by atoms with Crippen molar-refractivity contribution in [1.29, 1.82) is 0 Å². The van der Waals surface area contributed by atoms with E-state index in [-0.39, 0.29) is 12.0 Å². The van der Waals surface area contributed by atoms with E-state index in [4.69, 9.17) is 4.74 Å². The van der Waals surface area contributed by atoms with Gasteiger partial charge in [-0.25, -0.2) is 0 Å². The molecule has 0 amide bonds. The van der Waals surface area contributed by atoms with Crippen molar-refractivity contribution in [1.82, 2.24) is 4.90 Å². The number of esters is 1. The van der Waals surface area contributed by atoms with Crippen LogP contribution in [0.15, 0.2) is 18.2 Å². The standard InChI is InChI=1S/C17H27NO2/c1-6-18(7-2)16(12-17(19)20-8-3)15-11-9-10-13(4)14(15)5/h9-11,16H,6-8,12H2,1-5H3. The van der Waals surface area contributed by atoms with E-state index < -0.39 is 0 Å². The summed E-state index contributed by atoms with van der Waals surface area (Å²) in [6.07, 6.45) is 0.416. The van der Waals surface area contributed by atoms with E-state index in [9.17, 15) is 4.79 Å². The Labute approximate surface area is 122 Å². The fraction of sp³-hybridized carbons (Fsp3) is 0.588. The zero-order valence-electron chi connectivity index (χ0n) is 13.4. The Kier molecular flexibility index (Phi) is 6.73. The first-order chi connectivity index (χ1) is 9.54. The highest BCUT2D eigenvalue weighted by molar-refractivity contribution is 5.70. The molecule has 1 aromatic rings. The molecule has 0 aliphatic heterocycles. The SMILES string of the molecule is CCOC(=O)CC(c1cccc(C)c1C)N(CC)CC. The zero-order valence-corrected chi connectivity index (χ0v) is 13.4. The molecule has 0 aliphatic carbocycles. The van der Waals surface area contributed by atoms with Crippen molar-refractivity contribution < 1.29 is 9.53 Å². The summed E-state index contributed by atoms with van der Waals surface area (Å²) in [5, 5.41) is 0. The molecule has 0 spiro atoms. The van der Waals surface area contributed by atoms with E-state index in [1.54, 1.807) is 0 Å². The maximum Gasteiger partial charge on any atom is 0.307 e. The largest absolute Gasteiger partial charge is 0.466 e. The third kappa shape index (κ3) is 4.07. The van der Waals surface area contributed by atoms with Crippen LogP contribution in [0.3, 0.4) is 0 Å². The molecule has 0 saturated heterocycles. The van der Waals surface area contributed by atoms with E-state index in [2.05, 4.69) is 50.8 Å². The van der Waals surface area contributed by atoms with Gasteiger partial charge in [0.05, 0.1) is 13.0 Å².